The molecular weight excluding hydrogens is 288 g/mol. The molecule has 0 aliphatic rings. The number of hydrogen-bond donors (Lipinski definition) is 2. The smallest absolute Gasteiger partial charge is 0.226 e. The molecule has 2 N–H and O–H groups in total. The Bertz CT molecular complexity index is 581. The molecule has 0 saturated carbocycles. The second-order valence-corrected chi connectivity index (χ2v) is 5.53. The summed E-state index contributed by atoms with van der Waals surface area (Å²) in [6.45, 7) is 2.63. The SMILES string of the molecule is Cc1ccc(OCc2nc(CC(=O)NCCO)cs2)cc1. The number of ether oxygens (including phenoxy) is 1. The number of carbonyl (C=O) groups is 1. The zero-order valence-corrected chi connectivity index (χ0v) is 12.7. The normalized spacial score (nSPS) is 10.4. The van der Waals surface area contributed by atoms with Crippen LogP contribution in [0.5, 0.6) is 5.75 Å². The van der Waals surface area contributed by atoms with Crippen molar-refractivity contribution in [3.8, 4) is 5.75 Å². The number of rotatable bonds is 7. The van der Waals surface area contributed by atoms with Gasteiger partial charge in [-0.15, -0.1) is 11.3 Å². The maximum absolute atomic E-state index is 11.5. The summed E-state index contributed by atoms with van der Waals surface area (Å²) in [5.41, 5.74) is 1.91. The molecular formula is C15H18N2O3S. The number of carbonyl (C=O) groups excluding carboxylic acids is 1. The summed E-state index contributed by atoms with van der Waals surface area (Å²) in [4.78, 5) is 15.9. The van der Waals surface area contributed by atoms with Crippen LogP contribution < -0.4 is 10.1 Å². The van der Waals surface area contributed by atoms with Gasteiger partial charge in [-0.3, -0.25) is 4.79 Å². The van der Waals surface area contributed by atoms with E-state index >= 15 is 0 Å². The molecule has 2 rings (SSSR count). The van der Waals surface area contributed by atoms with E-state index in [1.54, 1.807) is 0 Å². The van der Waals surface area contributed by atoms with Crippen molar-refractivity contribution in [1.82, 2.24) is 10.3 Å². The van der Waals surface area contributed by atoms with Gasteiger partial charge < -0.3 is 15.2 Å². The summed E-state index contributed by atoms with van der Waals surface area (Å²) in [6, 6.07) is 7.83. The van der Waals surface area contributed by atoms with Crippen LogP contribution in [0.15, 0.2) is 29.6 Å². The van der Waals surface area contributed by atoms with Crippen LogP contribution >= 0.6 is 11.3 Å². The highest BCUT2D eigenvalue weighted by Crippen LogP contribution is 2.16. The van der Waals surface area contributed by atoms with Crippen molar-refractivity contribution < 1.29 is 14.6 Å². The molecule has 0 fully saturated rings. The molecule has 1 heterocycles. The predicted molar refractivity (Wildman–Crippen MR) is 81.4 cm³/mol. The summed E-state index contributed by atoms with van der Waals surface area (Å²) in [5, 5.41) is 13.9. The predicted octanol–water partition coefficient (Wildman–Crippen LogP) is 1.68. The molecule has 0 radical (unpaired) electrons. The molecule has 1 amide bonds. The standard InChI is InChI=1S/C15H18N2O3S/c1-11-2-4-13(5-3-11)20-9-15-17-12(10-21-15)8-14(19)16-6-7-18/h2-5,10,18H,6-9H2,1H3,(H,16,19). The number of nitrogens with zero attached hydrogens (tertiary/aromatic N) is 1. The third-order valence-electron chi connectivity index (χ3n) is 2.76. The molecule has 112 valence electrons. The van der Waals surface area contributed by atoms with E-state index in [4.69, 9.17) is 9.84 Å². The van der Waals surface area contributed by atoms with Gasteiger partial charge in [0.15, 0.2) is 0 Å². The Kier molecular flexibility index (Phi) is 5.71. The zero-order valence-electron chi connectivity index (χ0n) is 11.8. The number of aliphatic hydroxyl groups excluding tert-OH is 1. The fourth-order valence-electron chi connectivity index (χ4n) is 1.70. The van der Waals surface area contributed by atoms with Crippen molar-refractivity contribution in [2.24, 2.45) is 0 Å². The topological polar surface area (TPSA) is 71.5 Å². The number of hydrogen-bond acceptors (Lipinski definition) is 5. The lowest BCUT2D eigenvalue weighted by atomic mass is 10.2. The first-order valence-electron chi connectivity index (χ1n) is 6.67. The molecule has 21 heavy (non-hydrogen) atoms. The van der Waals surface area contributed by atoms with Gasteiger partial charge in [-0.2, -0.15) is 0 Å². The second kappa shape index (κ2) is 7.75. The number of aryl methyl sites for hydroxylation is 1. The molecule has 0 atom stereocenters. The highest BCUT2D eigenvalue weighted by Gasteiger charge is 2.07. The Morgan fingerprint density at radius 2 is 2.14 bits per heavy atom. The van der Waals surface area contributed by atoms with Gasteiger partial charge in [0.2, 0.25) is 5.91 Å². The lowest BCUT2D eigenvalue weighted by Crippen LogP contribution is -2.27. The summed E-state index contributed by atoms with van der Waals surface area (Å²) in [7, 11) is 0. The van der Waals surface area contributed by atoms with E-state index in [9.17, 15) is 4.79 Å². The minimum Gasteiger partial charge on any atom is -0.486 e. The molecule has 0 unspecified atom stereocenters. The summed E-state index contributed by atoms with van der Waals surface area (Å²) in [6.07, 6.45) is 0.223. The highest BCUT2D eigenvalue weighted by molar-refractivity contribution is 7.09. The summed E-state index contributed by atoms with van der Waals surface area (Å²) >= 11 is 1.47. The lowest BCUT2D eigenvalue weighted by Gasteiger charge is -2.04. The molecule has 0 aliphatic carbocycles. The molecule has 6 heteroatoms. The van der Waals surface area contributed by atoms with Crippen LogP contribution in [0.1, 0.15) is 16.3 Å². The minimum atomic E-state index is -0.139. The van der Waals surface area contributed by atoms with Crippen molar-refractivity contribution in [3.05, 3.63) is 45.9 Å². The largest absolute Gasteiger partial charge is 0.486 e. The van der Waals surface area contributed by atoms with E-state index in [1.165, 1.54) is 16.9 Å². The molecule has 0 saturated heterocycles. The third kappa shape index (κ3) is 5.17. The number of aliphatic hydroxyl groups is 1. The Balaban J connectivity index is 1.82. The first-order chi connectivity index (χ1) is 10.2. The number of aromatic nitrogens is 1. The Morgan fingerprint density at radius 1 is 1.38 bits per heavy atom. The molecule has 5 nitrogen and oxygen atoms in total. The first kappa shape index (κ1) is 15.5. The van der Waals surface area contributed by atoms with Gasteiger partial charge in [-0.25, -0.2) is 4.98 Å². The van der Waals surface area contributed by atoms with Gasteiger partial charge in [0.05, 0.1) is 18.7 Å². The van der Waals surface area contributed by atoms with Crippen LogP contribution in [-0.4, -0.2) is 29.1 Å². The van der Waals surface area contributed by atoms with E-state index in [1.807, 2.05) is 36.6 Å². The Labute approximate surface area is 127 Å². The number of nitrogens with one attached hydrogen (secondary N) is 1. The molecule has 1 aromatic carbocycles. The summed E-state index contributed by atoms with van der Waals surface area (Å²) < 4.78 is 5.64. The van der Waals surface area contributed by atoms with Gasteiger partial charge in [0.25, 0.3) is 0 Å². The maximum Gasteiger partial charge on any atom is 0.226 e. The van der Waals surface area contributed by atoms with Crippen molar-refractivity contribution in [1.29, 1.82) is 0 Å². The molecule has 0 aliphatic heterocycles. The monoisotopic (exact) mass is 306 g/mol. The van der Waals surface area contributed by atoms with Crippen molar-refractivity contribution in [2.75, 3.05) is 13.2 Å². The van der Waals surface area contributed by atoms with Gasteiger partial charge in [-0.1, -0.05) is 17.7 Å². The van der Waals surface area contributed by atoms with E-state index in [-0.39, 0.29) is 25.5 Å². The highest BCUT2D eigenvalue weighted by atomic mass is 32.1. The van der Waals surface area contributed by atoms with Crippen LogP contribution in [0.25, 0.3) is 0 Å². The van der Waals surface area contributed by atoms with E-state index in [2.05, 4.69) is 10.3 Å². The van der Waals surface area contributed by atoms with E-state index in [0.717, 1.165) is 16.5 Å². The van der Waals surface area contributed by atoms with Gasteiger partial charge in [-0.05, 0) is 19.1 Å². The van der Waals surface area contributed by atoms with E-state index in [0.29, 0.717) is 6.61 Å². The van der Waals surface area contributed by atoms with Crippen LogP contribution in [0.3, 0.4) is 0 Å². The average molecular weight is 306 g/mol. The van der Waals surface area contributed by atoms with Gasteiger partial charge >= 0.3 is 0 Å². The molecule has 2 aromatic rings. The van der Waals surface area contributed by atoms with Crippen LogP contribution in [0.4, 0.5) is 0 Å². The molecule has 0 spiro atoms. The quantitative estimate of drug-likeness (QED) is 0.816. The van der Waals surface area contributed by atoms with Crippen molar-refractivity contribution in [2.45, 2.75) is 20.0 Å². The zero-order chi connectivity index (χ0) is 15.1. The lowest BCUT2D eigenvalue weighted by molar-refractivity contribution is -0.120. The van der Waals surface area contributed by atoms with Gasteiger partial charge in [0, 0.05) is 11.9 Å². The molecule has 0 bridgehead atoms. The summed E-state index contributed by atoms with van der Waals surface area (Å²) in [5.74, 6) is 0.665. The fraction of sp³-hybridized carbons (Fsp3) is 0.333. The van der Waals surface area contributed by atoms with Crippen LogP contribution in [0, 0.1) is 6.92 Å². The van der Waals surface area contributed by atoms with Crippen LogP contribution in [-0.2, 0) is 17.8 Å². The fourth-order valence-corrected chi connectivity index (χ4v) is 2.40. The van der Waals surface area contributed by atoms with Gasteiger partial charge in [0.1, 0.15) is 17.4 Å². The molecule has 1 aromatic heterocycles. The minimum absolute atomic E-state index is 0.0571. The van der Waals surface area contributed by atoms with E-state index < -0.39 is 0 Å². The Hall–Kier alpha value is -1.92. The first-order valence-corrected chi connectivity index (χ1v) is 7.55. The number of thiazole rings is 1. The Morgan fingerprint density at radius 3 is 2.86 bits per heavy atom. The van der Waals surface area contributed by atoms with Crippen molar-refractivity contribution >= 4 is 17.2 Å². The van der Waals surface area contributed by atoms with Crippen molar-refractivity contribution in [3.63, 3.8) is 0 Å². The number of benzene rings is 1. The maximum atomic E-state index is 11.5. The van der Waals surface area contributed by atoms with Crippen LogP contribution in [0.2, 0.25) is 0 Å². The number of amides is 1. The second-order valence-electron chi connectivity index (χ2n) is 4.58. The average Bonchev–Trinajstić information content (AvgIpc) is 2.92. The third-order valence-corrected chi connectivity index (χ3v) is 3.63.